The molecular weight excluding hydrogens is 450 g/mol. The normalized spacial score (nSPS) is 15.7. The number of nitrogens with one attached hydrogen (secondary N) is 1. The molecule has 34 heavy (non-hydrogen) atoms. The van der Waals surface area contributed by atoms with Gasteiger partial charge in [0.15, 0.2) is 0 Å². The Morgan fingerprint density at radius 2 is 1.79 bits per heavy atom. The van der Waals surface area contributed by atoms with Crippen molar-refractivity contribution in [3.63, 3.8) is 0 Å². The molecule has 2 N–H and O–H groups in total. The van der Waals surface area contributed by atoms with Crippen LogP contribution in [0.4, 0.5) is 4.79 Å². The van der Waals surface area contributed by atoms with E-state index < -0.39 is 6.10 Å². The Kier molecular flexibility index (Phi) is 8.08. The van der Waals surface area contributed by atoms with E-state index in [1.165, 1.54) is 4.90 Å². The molecule has 1 aromatic heterocycles. The lowest BCUT2D eigenvalue weighted by Crippen LogP contribution is -2.31. The maximum absolute atomic E-state index is 12.7. The van der Waals surface area contributed by atoms with Gasteiger partial charge in [-0.05, 0) is 53.2 Å². The molecule has 0 aliphatic carbocycles. The summed E-state index contributed by atoms with van der Waals surface area (Å²) in [5, 5.41) is 13.0. The van der Waals surface area contributed by atoms with E-state index in [1.54, 1.807) is 24.4 Å². The van der Waals surface area contributed by atoms with Gasteiger partial charge in [-0.3, -0.25) is 19.5 Å². The van der Waals surface area contributed by atoms with Gasteiger partial charge in [0.1, 0.15) is 18.5 Å². The number of ether oxygens (including phenoxy) is 1. The molecule has 0 saturated carbocycles. The van der Waals surface area contributed by atoms with E-state index >= 15 is 0 Å². The number of hydrogen-bond donors (Lipinski definition) is 2. The number of thioether (sulfide) groups is 1. The lowest BCUT2D eigenvalue weighted by Gasteiger charge is -2.13. The van der Waals surface area contributed by atoms with Crippen molar-refractivity contribution in [1.82, 2.24) is 15.2 Å². The average Bonchev–Trinajstić information content (AvgIpc) is 3.12. The number of nitrogens with zero attached hydrogens (tertiary/aromatic N) is 2. The minimum atomic E-state index is -0.667. The van der Waals surface area contributed by atoms with Crippen LogP contribution in [0.15, 0.2) is 83.9 Å². The Labute approximate surface area is 202 Å². The Bertz CT molecular complexity index is 1140. The number of carbonyl (C=O) groups excluding carboxylic acids is 2. The van der Waals surface area contributed by atoms with Gasteiger partial charge >= 0.3 is 0 Å². The van der Waals surface area contributed by atoms with Gasteiger partial charge in [-0.2, -0.15) is 0 Å². The third kappa shape index (κ3) is 6.54. The Morgan fingerprint density at radius 3 is 2.53 bits per heavy atom. The standard InChI is InChI=1S/C26H25N3O4S/c30-22(16-27-15-21-8-4-5-13-28-21)18-33-23-11-9-19(10-12-23)14-24-25(31)29(26(32)34-24)17-20-6-2-1-3-7-20/h1-14,22,27,30H,15-18H2/b24-14-. The highest BCUT2D eigenvalue weighted by Gasteiger charge is 2.34. The first-order valence-electron chi connectivity index (χ1n) is 10.9. The number of carbonyl (C=O) groups is 2. The van der Waals surface area contributed by atoms with Crippen LogP contribution < -0.4 is 10.1 Å². The van der Waals surface area contributed by atoms with Crippen molar-refractivity contribution in [2.45, 2.75) is 19.2 Å². The molecule has 1 atom stereocenters. The van der Waals surface area contributed by atoms with E-state index in [0.717, 1.165) is 28.6 Å². The lowest BCUT2D eigenvalue weighted by molar-refractivity contribution is -0.123. The molecule has 1 fully saturated rings. The van der Waals surface area contributed by atoms with Crippen LogP contribution in [-0.4, -0.2) is 45.4 Å². The van der Waals surface area contributed by atoms with Crippen LogP contribution in [0.2, 0.25) is 0 Å². The highest BCUT2D eigenvalue weighted by molar-refractivity contribution is 8.18. The molecule has 7 nitrogen and oxygen atoms in total. The zero-order valence-electron chi connectivity index (χ0n) is 18.5. The molecule has 0 spiro atoms. The number of aromatic nitrogens is 1. The Balaban J connectivity index is 1.26. The number of pyridine rings is 1. The monoisotopic (exact) mass is 475 g/mol. The highest BCUT2D eigenvalue weighted by atomic mass is 32.2. The highest BCUT2D eigenvalue weighted by Crippen LogP contribution is 2.33. The van der Waals surface area contributed by atoms with Crippen molar-refractivity contribution in [2.24, 2.45) is 0 Å². The third-order valence-electron chi connectivity index (χ3n) is 5.09. The van der Waals surface area contributed by atoms with Crippen molar-refractivity contribution in [3.8, 4) is 5.75 Å². The summed E-state index contributed by atoms with van der Waals surface area (Å²) in [7, 11) is 0. The topological polar surface area (TPSA) is 91.8 Å². The zero-order valence-corrected chi connectivity index (χ0v) is 19.3. The quantitative estimate of drug-likeness (QED) is 0.431. The van der Waals surface area contributed by atoms with Crippen LogP contribution in [0.1, 0.15) is 16.8 Å². The number of rotatable bonds is 10. The molecule has 8 heteroatoms. The first-order chi connectivity index (χ1) is 16.6. The molecule has 1 aliphatic rings. The summed E-state index contributed by atoms with van der Waals surface area (Å²) in [5.74, 6) is 0.318. The van der Waals surface area contributed by atoms with Gasteiger partial charge in [0.2, 0.25) is 0 Å². The molecule has 174 valence electrons. The van der Waals surface area contributed by atoms with Crippen molar-refractivity contribution in [2.75, 3.05) is 13.2 Å². The van der Waals surface area contributed by atoms with E-state index in [4.69, 9.17) is 4.74 Å². The molecule has 0 radical (unpaired) electrons. The third-order valence-corrected chi connectivity index (χ3v) is 6.00. The van der Waals surface area contributed by atoms with Crippen LogP contribution in [0.3, 0.4) is 0 Å². The number of aliphatic hydroxyl groups is 1. The van der Waals surface area contributed by atoms with Crippen molar-refractivity contribution in [3.05, 3.63) is 101 Å². The van der Waals surface area contributed by atoms with Gasteiger partial charge in [-0.25, -0.2) is 0 Å². The molecular formula is C26H25N3O4S. The Hall–Kier alpha value is -3.46. The van der Waals surface area contributed by atoms with Gasteiger partial charge in [-0.15, -0.1) is 0 Å². The molecule has 1 unspecified atom stereocenters. The van der Waals surface area contributed by atoms with Crippen LogP contribution in [0, 0.1) is 0 Å². The Morgan fingerprint density at radius 1 is 1.03 bits per heavy atom. The molecule has 2 amide bonds. The smallest absolute Gasteiger partial charge is 0.293 e. The van der Waals surface area contributed by atoms with Gasteiger partial charge in [0.05, 0.1) is 17.1 Å². The summed E-state index contributed by atoms with van der Waals surface area (Å²) < 4.78 is 5.66. The maximum Gasteiger partial charge on any atom is 0.293 e. The van der Waals surface area contributed by atoms with E-state index in [2.05, 4.69) is 10.3 Å². The maximum atomic E-state index is 12.7. The van der Waals surface area contributed by atoms with Crippen LogP contribution in [-0.2, 0) is 17.9 Å². The first-order valence-corrected chi connectivity index (χ1v) is 11.7. The van der Waals surface area contributed by atoms with Gasteiger partial charge < -0.3 is 15.2 Å². The number of hydrogen-bond acceptors (Lipinski definition) is 7. The van der Waals surface area contributed by atoms with Crippen LogP contribution in [0.25, 0.3) is 6.08 Å². The van der Waals surface area contributed by atoms with Gasteiger partial charge in [0, 0.05) is 19.3 Å². The summed E-state index contributed by atoms with van der Waals surface area (Å²) in [5.41, 5.74) is 2.60. The van der Waals surface area contributed by atoms with Crippen molar-refractivity contribution >= 4 is 29.0 Å². The van der Waals surface area contributed by atoms with Crippen molar-refractivity contribution < 1.29 is 19.4 Å². The second kappa shape index (κ2) is 11.6. The van der Waals surface area contributed by atoms with E-state index in [1.807, 2.05) is 60.7 Å². The SMILES string of the molecule is O=C1S/C(=C\c2ccc(OCC(O)CNCc3ccccn3)cc2)C(=O)N1Cc1ccccc1. The summed E-state index contributed by atoms with van der Waals surface area (Å²) in [6.45, 7) is 1.36. The summed E-state index contributed by atoms with van der Waals surface area (Å²) in [4.78, 5) is 30.9. The fourth-order valence-corrected chi connectivity index (χ4v) is 4.17. The average molecular weight is 476 g/mol. The predicted octanol–water partition coefficient (Wildman–Crippen LogP) is 3.85. The second-order valence-electron chi connectivity index (χ2n) is 7.74. The number of amides is 2. The largest absolute Gasteiger partial charge is 0.491 e. The molecule has 0 bridgehead atoms. The summed E-state index contributed by atoms with van der Waals surface area (Å²) >= 11 is 0.943. The van der Waals surface area contributed by atoms with Crippen LogP contribution in [0.5, 0.6) is 5.75 Å². The summed E-state index contributed by atoms with van der Waals surface area (Å²) in [6.07, 6.45) is 2.77. The molecule has 4 rings (SSSR count). The lowest BCUT2D eigenvalue weighted by atomic mass is 10.2. The predicted molar refractivity (Wildman–Crippen MR) is 132 cm³/mol. The van der Waals surface area contributed by atoms with E-state index in [9.17, 15) is 14.7 Å². The number of imide groups is 1. The second-order valence-corrected chi connectivity index (χ2v) is 8.73. The van der Waals surface area contributed by atoms with Gasteiger partial charge in [0.25, 0.3) is 11.1 Å². The van der Waals surface area contributed by atoms with Crippen molar-refractivity contribution in [1.29, 1.82) is 0 Å². The molecule has 2 aromatic carbocycles. The first kappa shape index (κ1) is 23.7. The van der Waals surface area contributed by atoms with E-state index in [-0.39, 0.29) is 24.3 Å². The fraction of sp³-hybridized carbons (Fsp3) is 0.192. The number of aliphatic hydroxyl groups excluding tert-OH is 1. The minimum Gasteiger partial charge on any atom is -0.491 e. The molecule has 2 heterocycles. The fourth-order valence-electron chi connectivity index (χ4n) is 3.33. The van der Waals surface area contributed by atoms with E-state index in [0.29, 0.717) is 23.7 Å². The molecule has 1 aliphatic heterocycles. The van der Waals surface area contributed by atoms with Gasteiger partial charge in [-0.1, -0.05) is 48.5 Å². The molecule has 3 aromatic rings. The summed E-state index contributed by atoms with van der Waals surface area (Å²) in [6, 6.07) is 22.3. The van der Waals surface area contributed by atoms with Crippen LogP contribution >= 0.6 is 11.8 Å². The minimum absolute atomic E-state index is 0.146. The number of benzene rings is 2. The zero-order chi connectivity index (χ0) is 23.8. The molecule has 1 saturated heterocycles.